The largest absolute Gasteiger partial charge is 0.494 e. The van der Waals surface area contributed by atoms with Crippen LogP contribution in [0.4, 0.5) is 5.69 Å². The number of carbonyl (C=O) groups is 1. The number of hydrogen-bond acceptors (Lipinski definition) is 4. The topological polar surface area (TPSA) is 69.0 Å². The van der Waals surface area contributed by atoms with Crippen LogP contribution in [0.5, 0.6) is 5.75 Å². The van der Waals surface area contributed by atoms with Crippen molar-refractivity contribution in [1.29, 1.82) is 0 Å². The number of nitrogens with zero attached hydrogens (tertiary/aromatic N) is 3. The Morgan fingerprint density at radius 2 is 2.03 bits per heavy atom. The first-order valence-electron chi connectivity index (χ1n) is 10.1. The molecule has 158 valence electrons. The van der Waals surface area contributed by atoms with Gasteiger partial charge in [-0.05, 0) is 43.7 Å². The summed E-state index contributed by atoms with van der Waals surface area (Å²) in [5.74, 6) is 1.08. The Hall–Kier alpha value is -1.87. The molecule has 6 nitrogen and oxygen atoms in total. The molecule has 0 unspecified atom stereocenters. The van der Waals surface area contributed by atoms with E-state index in [0.717, 1.165) is 29.7 Å². The summed E-state index contributed by atoms with van der Waals surface area (Å²) in [6, 6.07) is 5.78. The van der Waals surface area contributed by atoms with Crippen molar-refractivity contribution in [3.05, 3.63) is 47.4 Å². The van der Waals surface area contributed by atoms with Crippen molar-refractivity contribution in [1.82, 2.24) is 14.8 Å². The molecule has 1 N–H and O–H groups in total. The molecule has 0 bridgehead atoms. The number of methoxy groups -OCH3 is 1. The second kappa shape index (κ2) is 9.09. The van der Waals surface area contributed by atoms with Crippen LogP contribution < -0.4 is 10.1 Å². The van der Waals surface area contributed by atoms with Gasteiger partial charge in [-0.15, -0.1) is 0 Å². The number of ether oxygens (including phenoxy) is 1. The molecule has 1 saturated carbocycles. The lowest BCUT2D eigenvalue weighted by Gasteiger charge is -2.30. The number of anilines is 1. The van der Waals surface area contributed by atoms with E-state index in [-0.39, 0.29) is 5.91 Å². The van der Waals surface area contributed by atoms with Crippen molar-refractivity contribution in [3.63, 3.8) is 0 Å². The van der Waals surface area contributed by atoms with Gasteiger partial charge in [-0.25, -0.2) is 0 Å². The molecule has 30 heavy (non-hydrogen) atoms. The van der Waals surface area contributed by atoms with Crippen LogP contribution in [0.25, 0.3) is 10.9 Å². The average Bonchev–Trinajstić information content (AvgIpc) is 3.16. The van der Waals surface area contributed by atoms with E-state index in [1.165, 1.54) is 25.2 Å². The molecule has 3 aromatic rings. The highest BCUT2D eigenvalue weighted by molar-refractivity contribution is 14.1. The molecular formula is C22H24ClIN4O2. The first kappa shape index (κ1) is 21.4. The molecule has 2 aromatic heterocycles. The van der Waals surface area contributed by atoms with Crippen LogP contribution in [-0.2, 0) is 0 Å². The van der Waals surface area contributed by atoms with E-state index in [4.69, 9.17) is 21.4 Å². The number of alkyl halides is 1. The minimum atomic E-state index is -0.290. The predicted molar refractivity (Wildman–Crippen MR) is 128 cm³/mol. The molecule has 1 aromatic carbocycles. The van der Waals surface area contributed by atoms with E-state index in [0.29, 0.717) is 32.0 Å². The molecule has 0 saturated heterocycles. The molecule has 4 rings (SSSR count). The lowest BCUT2D eigenvalue weighted by Crippen LogP contribution is -2.22. The summed E-state index contributed by atoms with van der Waals surface area (Å²) >= 11 is 8.49. The Bertz CT molecular complexity index is 1060. The second-order valence-corrected chi connectivity index (χ2v) is 10.2. The number of amides is 1. The number of benzene rings is 1. The van der Waals surface area contributed by atoms with Gasteiger partial charge in [0.25, 0.3) is 5.91 Å². The lowest BCUT2D eigenvalue weighted by molar-refractivity contribution is 0.102. The van der Waals surface area contributed by atoms with Crippen molar-refractivity contribution < 1.29 is 9.53 Å². The van der Waals surface area contributed by atoms with Gasteiger partial charge in [0.1, 0.15) is 5.75 Å². The van der Waals surface area contributed by atoms with Gasteiger partial charge in [-0.3, -0.25) is 14.5 Å². The van der Waals surface area contributed by atoms with Gasteiger partial charge in [0, 0.05) is 34.0 Å². The fraction of sp³-hybridized carbons (Fsp3) is 0.409. The van der Waals surface area contributed by atoms with Crippen molar-refractivity contribution in [2.75, 3.05) is 12.4 Å². The van der Waals surface area contributed by atoms with Crippen LogP contribution in [0.15, 0.2) is 36.8 Å². The Morgan fingerprint density at radius 1 is 1.27 bits per heavy atom. The van der Waals surface area contributed by atoms with Gasteiger partial charge < -0.3 is 10.1 Å². The minimum absolute atomic E-state index is 0.290. The van der Waals surface area contributed by atoms with Crippen molar-refractivity contribution in [3.8, 4) is 5.75 Å². The SMILES string of the molecule is COc1cc2nn(C3CCC([C@H](C)I)CC3)cc2cc1NC(=O)c1cncc(Cl)c1. The summed E-state index contributed by atoms with van der Waals surface area (Å²) in [5.41, 5.74) is 1.84. The molecule has 1 aliphatic carbocycles. The number of pyridine rings is 1. The van der Waals surface area contributed by atoms with E-state index in [1.807, 2.05) is 12.1 Å². The first-order valence-corrected chi connectivity index (χ1v) is 11.7. The van der Waals surface area contributed by atoms with Gasteiger partial charge in [0.15, 0.2) is 0 Å². The van der Waals surface area contributed by atoms with Gasteiger partial charge in [0.2, 0.25) is 0 Å². The predicted octanol–water partition coefficient (Wildman–Crippen LogP) is 5.90. The summed E-state index contributed by atoms with van der Waals surface area (Å²) in [4.78, 5) is 16.6. The summed E-state index contributed by atoms with van der Waals surface area (Å²) in [7, 11) is 1.58. The van der Waals surface area contributed by atoms with Crippen LogP contribution in [0.3, 0.4) is 0 Å². The molecule has 0 radical (unpaired) electrons. The monoisotopic (exact) mass is 538 g/mol. The number of hydrogen-bond donors (Lipinski definition) is 1. The Morgan fingerprint density at radius 3 is 2.70 bits per heavy atom. The molecule has 1 aliphatic rings. The summed E-state index contributed by atoms with van der Waals surface area (Å²) in [6.07, 6.45) is 9.82. The van der Waals surface area contributed by atoms with E-state index >= 15 is 0 Å². The molecule has 0 aliphatic heterocycles. The molecule has 2 heterocycles. The van der Waals surface area contributed by atoms with Gasteiger partial charge in [0.05, 0.1) is 34.9 Å². The van der Waals surface area contributed by atoms with Gasteiger partial charge in [-0.1, -0.05) is 41.1 Å². The van der Waals surface area contributed by atoms with Gasteiger partial charge in [-0.2, -0.15) is 5.10 Å². The quantitative estimate of drug-likeness (QED) is 0.324. The lowest BCUT2D eigenvalue weighted by atomic mass is 9.84. The zero-order chi connectivity index (χ0) is 21.3. The third-order valence-corrected chi connectivity index (χ3v) is 7.05. The summed E-state index contributed by atoms with van der Waals surface area (Å²) in [6.45, 7) is 2.30. The standard InChI is InChI=1S/C22H24ClIN4O2/c1-13(24)14-3-5-18(6-4-14)28-12-16-8-20(21(30-2)9-19(16)27-28)26-22(29)15-7-17(23)11-25-10-15/h7-14,18H,3-6H2,1-2H3,(H,26,29)/t13-,14?,18?/m0/s1. The Balaban J connectivity index is 1.57. The highest BCUT2D eigenvalue weighted by atomic mass is 127. The fourth-order valence-electron chi connectivity index (χ4n) is 4.08. The fourth-order valence-corrected chi connectivity index (χ4v) is 4.97. The van der Waals surface area contributed by atoms with Crippen LogP contribution in [-0.4, -0.2) is 31.7 Å². The number of fused-ring (bicyclic) bond motifs is 1. The average molecular weight is 539 g/mol. The van der Waals surface area contributed by atoms with Crippen molar-refractivity contribution in [2.45, 2.75) is 42.6 Å². The number of carbonyl (C=O) groups excluding carboxylic acids is 1. The van der Waals surface area contributed by atoms with Crippen LogP contribution in [0.1, 0.15) is 49.0 Å². The molecule has 1 fully saturated rings. The maximum absolute atomic E-state index is 12.6. The Labute approximate surface area is 194 Å². The molecule has 1 amide bonds. The summed E-state index contributed by atoms with van der Waals surface area (Å²) in [5, 5.41) is 9.09. The normalized spacial score (nSPS) is 20.1. The van der Waals surface area contributed by atoms with Crippen molar-refractivity contribution in [2.24, 2.45) is 5.92 Å². The molecule has 8 heteroatoms. The highest BCUT2D eigenvalue weighted by Gasteiger charge is 2.25. The Kier molecular flexibility index (Phi) is 6.48. The van der Waals surface area contributed by atoms with E-state index in [9.17, 15) is 4.79 Å². The minimum Gasteiger partial charge on any atom is -0.494 e. The number of nitrogens with one attached hydrogen (secondary N) is 1. The number of rotatable bonds is 5. The maximum Gasteiger partial charge on any atom is 0.257 e. The zero-order valence-corrected chi connectivity index (χ0v) is 19.9. The van der Waals surface area contributed by atoms with E-state index in [1.54, 1.807) is 13.2 Å². The molecule has 1 atom stereocenters. The number of halogens is 2. The smallest absolute Gasteiger partial charge is 0.257 e. The van der Waals surface area contributed by atoms with Crippen LogP contribution >= 0.6 is 34.2 Å². The maximum atomic E-state index is 12.6. The molecule has 0 spiro atoms. The van der Waals surface area contributed by atoms with Crippen LogP contribution in [0.2, 0.25) is 5.02 Å². The molecular weight excluding hydrogens is 515 g/mol. The van der Waals surface area contributed by atoms with Crippen molar-refractivity contribution >= 4 is 56.7 Å². The van der Waals surface area contributed by atoms with Gasteiger partial charge >= 0.3 is 0 Å². The van der Waals surface area contributed by atoms with E-state index in [2.05, 4.69) is 50.7 Å². The summed E-state index contributed by atoms with van der Waals surface area (Å²) < 4.78 is 8.30. The highest BCUT2D eigenvalue weighted by Crippen LogP contribution is 2.37. The zero-order valence-electron chi connectivity index (χ0n) is 16.9. The third kappa shape index (κ3) is 4.56. The van der Waals surface area contributed by atoms with E-state index < -0.39 is 0 Å². The number of aromatic nitrogens is 3. The third-order valence-electron chi connectivity index (χ3n) is 5.82. The first-order chi connectivity index (χ1) is 14.4. The van der Waals surface area contributed by atoms with Crippen LogP contribution in [0, 0.1) is 5.92 Å². The second-order valence-electron chi connectivity index (χ2n) is 7.81.